The molecule has 0 saturated carbocycles. The van der Waals surface area contributed by atoms with Crippen LogP contribution in [0.2, 0.25) is 5.02 Å². The molecule has 0 radical (unpaired) electrons. The van der Waals surface area contributed by atoms with Gasteiger partial charge in [-0.1, -0.05) is 23.7 Å². The van der Waals surface area contributed by atoms with Gasteiger partial charge in [0.15, 0.2) is 0 Å². The number of halogens is 2. The highest BCUT2D eigenvalue weighted by atomic mass is 35.5. The quantitative estimate of drug-likeness (QED) is 0.514. The first-order valence-electron chi connectivity index (χ1n) is 2.21. The minimum absolute atomic E-state index is 0.174. The van der Waals surface area contributed by atoms with Gasteiger partial charge in [-0.15, -0.1) is 0 Å². The maximum atomic E-state index is 12.2. The van der Waals surface area contributed by atoms with Crippen LogP contribution < -0.4 is 0 Å². The Kier molecular flexibility index (Phi) is 1.49. The third kappa shape index (κ3) is 0.984. The smallest absolute Gasteiger partial charge is 0.141 e. The van der Waals surface area contributed by atoms with Crippen molar-refractivity contribution in [3.63, 3.8) is 0 Å². The second-order valence-electron chi connectivity index (χ2n) is 1.41. The standard InChI is InChI=1S/C6H4ClF/c7-5-3-1-2-4-6(5)8/h1-4H/i1+1,2+1,3+1,4+1,5+1,6+1. The summed E-state index contributed by atoms with van der Waals surface area (Å²) in [4.78, 5) is 0. The largest absolute Gasteiger partial charge is 0.205 e. The lowest BCUT2D eigenvalue weighted by Crippen LogP contribution is -1.70. The van der Waals surface area contributed by atoms with E-state index in [-0.39, 0.29) is 10.8 Å². The lowest BCUT2D eigenvalue weighted by molar-refractivity contribution is 0.628. The number of rotatable bonds is 0. The van der Waals surface area contributed by atoms with Crippen molar-refractivity contribution >= 4 is 11.6 Å². The van der Waals surface area contributed by atoms with Gasteiger partial charge in [-0.3, -0.25) is 0 Å². The molecule has 0 nitrogen and oxygen atoms in total. The highest BCUT2D eigenvalue weighted by Gasteiger charge is 1.91. The van der Waals surface area contributed by atoms with Crippen LogP contribution in [0.4, 0.5) is 4.39 Å². The fourth-order valence-electron chi connectivity index (χ4n) is 0.439. The Morgan fingerprint density at radius 2 is 1.88 bits per heavy atom. The monoisotopic (exact) mass is 136 g/mol. The lowest BCUT2D eigenvalue weighted by atomic mass is 11.3. The van der Waals surface area contributed by atoms with Crippen LogP contribution in [-0.4, -0.2) is 0 Å². The van der Waals surface area contributed by atoms with Crippen LogP contribution in [0.3, 0.4) is 0 Å². The molecule has 0 aliphatic rings. The molecule has 1 aromatic rings. The second-order valence-corrected chi connectivity index (χ2v) is 1.82. The second kappa shape index (κ2) is 2.14. The van der Waals surface area contributed by atoms with E-state index in [1.54, 1.807) is 12.1 Å². The van der Waals surface area contributed by atoms with Crippen LogP contribution in [0.15, 0.2) is 24.3 Å². The van der Waals surface area contributed by atoms with Crippen LogP contribution in [0.25, 0.3) is 0 Å². The molecular weight excluding hydrogens is 132 g/mol. The van der Waals surface area contributed by atoms with Crippen molar-refractivity contribution in [2.75, 3.05) is 0 Å². The molecule has 0 atom stereocenters. The van der Waals surface area contributed by atoms with E-state index in [1.165, 1.54) is 12.1 Å². The third-order valence-corrected chi connectivity index (χ3v) is 1.13. The maximum absolute atomic E-state index is 12.2. The Bertz CT molecular complexity index is 165. The maximum Gasteiger partial charge on any atom is 0.141 e. The van der Waals surface area contributed by atoms with Gasteiger partial charge in [0.2, 0.25) is 0 Å². The molecule has 0 unspecified atom stereocenters. The van der Waals surface area contributed by atoms with Crippen molar-refractivity contribution in [1.82, 2.24) is 0 Å². The summed E-state index contributed by atoms with van der Waals surface area (Å²) < 4.78 is 12.2. The summed E-state index contributed by atoms with van der Waals surface area (Å²) in [7, 11) is 0. The average molecular weight is 137 g/mol. The van der Waals surface area contributed by atoms with Gasteiger partial charge in [0.25, 0.3) is 0 Å². The first kappa shape index (κ1) is 5.57. The van der Waals surface area contributed by atoms with E-state index in [0.29, 0.717) is 0 Å². The van der Waals surface area contributed by atoms with Crippen molar-refractivity contribution in [2.45, 2.75) is 0 Å². The molecule has 0 fully saturated rings. The van der Waals surface area contributed by atoms with E-state index in [9.17, 15) is 4.39 Å². The van der Waals surface area contributed by atoms with Crippen molar-refractivity contribution in [3.8, 4) is 0 Å². The van der Waals surface area contributed by atoms with Crippen LogP contribution in [-0.2, 0) is 0 Å². The van der Waals surface area contributed by atoms with Crippen molar-refractivity contribution in [1.29, 1.82) is 0 Å². The zero-order valence-electron chi connectivity index (χ0n) is 4.07. The van der Waals surface area contributed by atoms with Crippen LogP contribution in [0, 0.1) is 5.82 Å². The zero-order valence-corrected chi connectivity index (χ0v) is 4.82. The fourth-order valence-corrected chi connectivity index (χ4v) is 0.575. The van der Waals surface area contributed by atoms with E-state index < -0.39 is 0 Å². The van der Waals surface area contributed by atoms with E-state index >= 15 is 0 Å². The van der Waals surface area contributed by atoms with E-state index in [2.05, 4.69) is 0 Å². The summed E-state index contributed by atoms with van der Waals surface area (Å²) >= 11 is 5.33. The third-order valence-electron chi connectivity index (χ3n) is 0.824. The summed E-state index contributed by atoms with van der Waals surface area (Å²) in [6, 6.07) is 6.12. The Morgan fingerprint density at radius 3 is 2.25 bits per heavy atom. The highest BCUT2D eigenvalue weighted by molar-refractivity contribution is 6.30. The number of benzene rings is 1. The SMILES string of the molecule is F[13c]1[13cH][13cH][13cH][13cH][13c]1Cl. The summed E-state index contributed by atoms with van der Waals surface area (Å²) in [5.74, 6) is -0.367. The molecule has 0 aliphatic heterocycles. The Labute approximate surface area is 51.9 Å². The van der Waals surface area contributed by atoms with Gasteiger partial charge in [0.1, 0.15) is 5.82 Å². The van der Waals surface area contributed by atoms with Gasteiger partial charge in [-0.2, -0.15) is 0 Å². The predicted molar refractivity (Wildman–Crippen MR) is 31.4 cm³/mol. The molecule has 42 valence electrons. The lowest BCUT2D eigenvalue weighted by Gasteiger charge is -1.86. The molecular formula is C6H4ClF. The summed E-state index contributed by atoms with van der Waals surface area (Å²) in [6.07, 6.45) is 0. The minimum Gasteiger partial charge on any atom is -0.205 e. The van der Waals surface area contributed by atoms with Crippen LogP contribution in [0.1, 0.15) is 0 Å². The summed E-state index contributed by atoms with van der Waals surface area (Å²) in [5.41, 5.74) is 0. The fraction of sp³-hybridized carbons (Fsp3) is 0. The molecule has 0 N–H and O–H groups in total. The highest BCUT2D eigenvalue weighted by Crippen LogP contribution is 2.11. The average Bonchev–Trinajstić information content (AvgIpc) is 1.77. The van der Waals surface area contributed by atoms with Gasteiger partial charge in [0.05, 0.1) is 5.02 Å². The molecule has 1 aromatic carbocycles. The number of hydrogen-bond acceptors (Lipinski definition) is 0. The van der Waals surface area contributed by atoms with Gasteiger partial charge < -0.3 is 0 Å². The molecule has 0 aliphatic carbocycles. The van der Waals surface area contributed by atoms with Gasteiger partial charge in [-0.25, -0.2) is 4.39 Å². The molecule has 1 rings (SSSR count). The van der Waals surface area contributed by atoms with E-state index in [0.717, 1.165) is 0 Å². The molecule has 0 bridgehead atoms. The Hall–Kier alpha value is -0.560. The van der Waals surface area contributed by atoms with Crippen molar-refractivity contribution in [2.24, 2.45) is 0 Å². The van der Waals surface area contributed by atoms with Crippen LogP contribution >= 0.6 is 11.6 Å². The molecule has 0 aromatic heterocycles. The molecule has 0 heterocycles. The topological polar surface area (TPSA) is 0 Å². The van der Waals surface area contributed by atoms with E-state index in [4.69, 9.17) is 11.6 Å². The molecule has 8 heavy (non-hydrogen) atoms. The molecule has 0 amide bonds. The van der Waals surface area contributed by atoms with Crippen molar-refractivity contribution in [3.05, 3.63) is 35.1 Å². The minimum atomic E-state index is -0.367. The molecule has 0 saturated heterocycles. The Balaban J connectivity index is 3.13. The van der Waals surface area contributed by atoms with E-state index in [1.807, 2.05) is 0 Å². The first-order valence-corrected chi connectivity index (χ1v) is 2.58. The Morgan fingerprint density at radius 1 is 1.25 bits per heavy atom. The van der Waals surface area contributed by atoms with Gasteiger partial charge in [0, 0.05) is 0 Å². The zero-order chi connectivity index (χ0) is 5.98. The molecule has 0 spiro atoms. The van der Waals surface area contributed by atoms with Gasteiger partial charge >= 0.3 is 0 Å². The van der Waals surface area contributed by atoms with Crippen molar-refractivity contribution < 1.29 is 4.39 Å². The summed E-state index contributed by atoms with van der Waals surface area (Å²) in [5, 5.41) is 0.174. The van der Waals surface area contributed by atoms with Crippen LogP contribution in [0.5, 0.6) is 0 Å². The predicted octanol–water partition coefficient (Wildman–Crippen LogP) is 2.48. The first-order chi connectivity index (χ1) is 3.80. The van der Waals surface area contributed by atoms with Gasteiger partial charge in [-0.05, 0) is 12.1 Å². The normalized spacial score (nSPS) is 9.25. The summed E-state index contributed by atoms with van der Waals surface area (Å²) in [6.45, 7) is 0. The number of hydrogen-bond donors (Lipinski definition) is 0. The molecule has 2 heteroatoms.